The largest absolute Gasteiger partial charge is 0.481 e. The molecule has 1 atom stereocenters. The van der Waals surface area contributed by atoms with E-state index in [1.807, 2.05) is 6.92 Å². The van der Waals surface area contributed by atoms with E-state index < -0.39 is 5.97 Å². The van der Waals surface area contributed by atoms with Crippen LogP contribution in [0.25, 0.3) is 10.7 Å². The summed E-state index contributed by atoms with van der Waals surface area (Å²) in [6, 6.07) is -0.282. The molecule has 7 nitrogen and oxygen atoms in total. The van der Waals surface area contributed by atoms with Crippen LogP contribution in [0.4, 0.5) is 0 Å². The second-order valence-corrected chi connectivity index (χ2v) is 7.44. The second kappa shape index (κ2) is 5.88. The van der Waals surface area contributed by atoms with Gasteiger partial charge in [0.25, 0.3) is 0 Å². The topological polar surface area (TPSA) is 93.8 Å². The molecule has 0 bridgehead atoms. The van der Waals surface area contributed by atoms with E-state index >= 15 is 0 Å². The lowest BCUT2D eigenvalue weighted by Crippen LogP contribution is -2.22. The average molecular weight is 309 g/mol. The molecule has 2 rings (SSSR count). The fraction of sp³-hybridized carbons (Fsp3) is 0.615. The highest BCUT2D eigenvalue weighted by Crippen LogP contribution is 2.33. The van der Waals surface area contributed by atoms with Crippen molar-refractivity contribution in [3.8, 4) is 10.7 Å². The number of nitrogens with zero attached hydrogens (tertiary/aromatic N) is 5. The maximum absolute atomic E-state index is 11.2. The number of hydrogen-bond donors (Lipinski definition) is 1. The molecular weight excluding hydrogens is 290 g/mol. The first-order valence-electron chi connectivity index (χ1n) is 6.69. The first-order valence-corrected chi connectivity index (χ1v) is 7.50. The number of aryl methyl sites for hydroxylation is 1. The van der Waals surface area contributed by atoms with Crippen molar-refractivity contribution >= 4 is 17.3 Å². The summed E-state index contributed by atoms with van der Waals surface area (Å²) in [4.78, 5) is 16.2. The van der Waals surface area contributed by atoms with E-state index in [-0.39, 0.29) is 17.9 Å². The molecule has 0 spiro atoms. The summed E-state index contributed by atoms with van der Waals surface area (Å²) in [6.45, 7) is 8.13. The molecule has 2 aromatic heterocycles. The summed E-state index contributed by atoms with van der Waals surface area (Å²) in [6.07, 6.45) is 2.39. The van der Waals surface area contributed by atoms with Crippen LogP contribution in [-0.2, 0) is 4.79 Å². The summed E-state index contributed by atoms with van der Waals surface area (Å²) in [5, 5.41) is 21.8. The summed E-state index contributed by atoms with van der Waals surface area (Å²) in [7, 11) is 0. The number of aromatic nitrogens is 5. The van der Waals surface area contributed by atoms with Crippen molar-refractivity contribution < 1.29 is 9.90 Å². The third kappa shape index (κ3) is 4.07. The number of thiazole rings is 1. The van der Waals surface area contributed by atoms with Gasteiger partial charge in [-0.3, -0.25) is 4.79 Å². The van der Waals surface area contributed by atoms with E-state index in [0.717, 1.165) is 9.88 Å². The molecule has 0 saturated carbocycles. The molecule has 8 heteroatoms. The van der Waals surface area contributed by atoms with E-state index in [1.54, 1.807) is 10.9 Å². The van der Waals surface area contributed by atoms with Gasteiger partial charge in [0, 0.05) is 6.20 Å². The van der Waals surface area contributed by atoms with Gasteiger partial charge < -0.3 is 5.11 Å². The summed E-state index contributed by atoms with van der Waals surface area (Å²) < 4.78 is 1.62. The lowest BCUT2D eigenvalue weighted by Gasteiger charge is -2.25. The van der Waals surface area contributed by atoms with Gasteiger partial charge in [0.05, 0.1) is 22.3 Å². The molecule has 0 aromatic carbocycles. The SMILES string of the molecule is Cc1ncc(-c2nnnn2C(CC(=O)O)CC(C)(C)C)s1. The minimum atomic E-state index is -0.855. The summed E-state index contributed by atoms with van der Waals surface area (Å²) in [5.74, 6) is -0.276. The van der Waals surface area contributed by atoms with E-state index in [4.69, 9.17) is 5.11 Å². The molecule has 2 aromatic rings. The molecular formula is C13H19N5O2S. The van der Waals surface area contributed by atoms with Gasteiger partial charge in [-0.2, -0.15) is 0 Å². The molecule has 21 heavy (non-hydrogen) atoms. The van der Waals surface area contributed by atoms with E-state index in [2.05, 4.69) is 41.3 Å². The van der Waals surface area contributed by atoms with Crippen LogP contribution in [0.2, 0.25) is 0 Å². The number of aliphatic carboxylic acids is 1. The lowest BCUT2D eigenvalue weighted by atomic mass is 9.87. The van der Waals surface area contributed by atoms with Crippen molar-refractivity contribution in [1.29, 1.82) is 0 Å². The standard InChI is InChI=1S/C13H19N5O2S/c1-8-14-7-10(21-8)12-15-16-17-18(12)9(5-11(19)20)6-13(2,3)4/h7,9H,5-6H2,1-4H3,(H,19,20). The number of hydrogen-bond acceptors (Lipinski definition) is 6. The Balaban J connectivity index is 2.36. The Morgan fingerprint density at radius 2 is 2.19 bits per heavy atom. The highest BCUT2D eigenvalue weighted by atomic mass is 32.1. The van der Waals surface area contributed by atoms with Gasteiger partial charge in [-0.05, 0) is 29.2 Å². The Morgan fingerprint density at radius 1 is 1.48 bits per heavy atom. The number of carbonyl (C=O) groups is 1. The fourth-order valence-electron chi connectivity index (χ4n) is 2.22. The number of rotatable bonds is 5. The monoisotopic (exact) mass is 309 g/mol. The van der Waals surface area contributed by atoms with Crippen LogP contribution >= 0.6 is 11.3 Å². The van der Waals surface area contributed by atoms with Crippen LogP contribution in [0.5, 0.6) is 0 Å². The summed E-state index contributed by atoms with van der Waals surface area (Å²) >= 11 is 1.49. The zero-order valence-corrected chi connectivity index (χ0v) is 13.4. The van der Waals surface area contributed by atoms with E-state index in [0.29, 0.717) is 12.2 Å². The first kappa shape index (κ1) is 15.6. The normalized spacial score (nSPS) is 13.3. The molecule has 0 aliphatic carbocycles. The second-order valence-electron chi connectivity index (χ2n) is 6.21. The van der Waals surface area contributed by atoms with Crippen LogP contribution in [0, 0.1) is 12.3 Å². The van der Waals surface area contributed by atoms with Crippen molar-refractivity contribution in [1.82, 2.24) is 25.2 Å². The average Bonchev–Trinajstić information content (AvgIpc) is 2.93. The van der Waals surface area contributed by atoms with Gasteiger partial charge in [-0.15, -0.1) is 16.4 Å². The number of carboxylic acid groups (broad SMARTS) is 1. The van der Waals surface area contributed by atoms with E-state index in [9.17, 15) is 4.79 Å². The highest BCUT2D eigenvalue weighted by molar-refractivity contribution is 7.14. The van der Waals surface area contributed by atoms with Crippen molar-refractivity contribution in [2.24, 2.45) is 5.41 Å². The highest BCUT2D eigenvalue weighted by Gasteiger charge is 2.26. The van der Waals surface area contributed by atoms with Crippen LogP contribution in [-0.4, -0.2) is 36.3 Å². The Hall–Kier alpha value is -1.83. The zero-order chi connectivity index (χ0) is 15.6. The summed E-state index contributed by atoms with van der Waals surface area (Å²) in [5.41, 5.74) is -0.0209. The van der Waals surface area contributed by atoms with Gasteiger partial charge in [0.1, 0.15) is 0 Å². The smallest absolute Gasteiger partial charge is 0.305 e. The Bertz CT molecular complexity index is 629. The molecule has 0 saturated heterocycles. The van der Waals surface area contributed by atoms with Crippen molar-refractivity contribution in [2.45, 2.75) is 46.6 Å². The third-order valence-electron chi connectivity index (χ3n) is 2.94. The predicted molar refractivity (Wildman–Crippen MR) is 79.0 cm³/mol. The number of carboxylic acids is 1. The van der Waals surface area contributed by atoms with Crippen LogP contribution < -0.4 is 0 Å². The molecule has 114 valence electrons. The Labute approximate surface area is 127 Å². The number of tetrazole rings is 1. The van der Waals surface area contributed by atoms with Crippen LogP contribution in [0.15, 0.2) is 6.20 Å². The third-order valence-corrected chi connectivity index (χ3v) is 3.85. The van der Waals surface area contributed by atoms with Gasteiger partial charge in [0.15, 0.2) is 5.82 Å². The first-order chi connectivity index (χ1) is 9.76. The molecule has 0 aliphatic rings. The van der Waals surface area contributed by atoms with Crippen molar-refractivity contribution in [2.75, 3.05) is 0 Å². The molecule has 0 radical (unpaired) electrons. The maximum Gasteiger partial charge on any atom is 0.305 e. The van der Waals surface area contributed by atoms with Gasteiger partial charge >= 0.3 is 5.97 Å². The van der Waals surface area contributed by atoms with Crippen LogP contribution in [0.1, 0.15) is 44.7 Å². The minimum absolute atomic E-state index is 0.00685. The molecule has 0 amide bonds. The molecule has 0 fully saturated rings. The van der Waals surface area contributed by atoms with Gasteiger partial charge in [0.2, 0.25) is 0 Å². The predicted octanol–water partition coefficient (Wildman–Crippen LogP) is 2.56. The quantitative estimate of drug-likeness (QED) is 0.912. The van der Waals surface area contributed by atoms with E-state index in [1.165, 1.54) is 11.3 Å². The minimum Gasteiger partial charge on any atom is -0.481 e. The molecule has 2 heterocycles. The molecule has 1 N–H and O–H groups in total. The fourth-order valence-corrected chi connectivity index (χ4v) is 2.97. The molecule has 0 aliphatic heterocycles. The molecule has 1 unspecified atom stereocenters. The van der Waals surface area contributed by atoms with Crippen LogP contribution in [0.3, 0.4) is 0 Å². The van der Waals surface area contributed by atoms with Gasteiger partial charge in [-0.25, -0.2) is 9.67 Å². The van der Waals surface area contributed by atoms with Crippen molar-refractivity contribution in [3.05, 3.63) is 11.2 Å². The Kier molecular flexibility index (Phi) is 4.36. The lowest BCUT2D eigenvalue weighted by molar-refractivity contribution is -0.138. The van der Waals surface area contributed by atoms with Gasteiger partial charge in [-0.1, -0.05) is 20.8 Å². The Morgan fingerprint density at radius 3 is 2.71 bits per heavy atom. The van der Waals surface area contributed by atoms with Crippen molar-refractivity contribution in [3.63, 3.8) is 0 Å². The zero-order valence-electron chi connectivity index (χ0n) is 12.6. The maximum atomic E-state index is 11.2.